The van der Waals surface area contributed by atoms with Crippen molar-refractivity contribution in [3.63, 3.8) is 0 Å². The van der Waals surface area contributed by atoms with E-state index in [0.29, 0.717) is 25.3 Å². The molecule has 202 valence electrons. The molecule has 3 rings (SSSR count). The molecule has 0 aliphatic carbocycles. The number of methoxy groups -OCH3 is 1. The first-order chi connectivity index (χ1) is 17.6. The highest BCUT2D eigenvalue weighted by Crippen LogP contribution is 2.26. The fourth-order valence-electron chi connectivity index (χ4n) is 4.79. The number of aromatic nitrogens is 3. The van der Waals surface area contributed by atoms with Crippen LogP contribution in [0.25, 0.3) is 5.69 Å². The lowest BCUT2D eigenvalue weighted by molar-refractivity contribution is -0.144. The smallest absolute Gasteiger partial charge is 0.407 e. The first-order valence-electron chi connectivity index (χ1n) is 12.6. The van der Waals surface area contributed by atoms with E-state index in [1.54, 1.807) is 16.7 Å². The highest BCUT2D eigenvalue weighted by molar-refractivity contribution is 5.94. The van der Waals surface area contributed by atoms with E-state index in [0.717, 1.165) is 29.0 Å². The van der Waals surface area contributed by atoms with Crippen LogP contribution >= 0.6 is 0 Å². The van der Waals surface area contributed by atoms with E-state index in [4.69, 9.17) is 4.74 Å². The van der Waals surface area contributed by atoms with E-state index >= 15 is 0 Å². The molecular weight excluding hydrogens is 478 g/mol. The molecule has 2 atom stereocenters. The van der Waals surface area contributed by atoms with Gasteiger partial charge in [-0.15, -0.1) is 5.10 Å². The molecule has 0 saturated carbocycles. The van der Waals surface area contributed by atoms with Crippen LogP contribution in [0.5, 0.6) is 0 Å². The average molecular weight is 516 g/mol. The number of likely N-dealkylation sites (tertiary alicyclic amines) is 1. The maximum absolute atomic E-state index is 14.0. The molecule has 0 bridgehead atoms. The number of carboxylic acids is 1. The Morgan fingerprint density at radius 3 is 2.51 bits per heavy atom. The van der Waals surface area contributed by atoms with Gasteiger partial charge in [-0.25, -0.2) is 9.48 Å². The molecule has 2 N–H and O–H groups in total. The largest absolute Gasteiger partial charge is 0.481 e. The molecular formula is C26H37N5O6. The molecule has 0 spiro atoms. The monoisotopic (exact) mass is 515 g/mol. The second-order valence-electron chi connectivity index (χ2n) is 10.00. The number of piperidine rings is 1. The molecule has 1 saturated heterocycles. The number of carbonyl (C=O) groups is 3. The van der Waals surface area contributed by atoms with Crippen LogP contribution in [-0.2, 0) is 16.0 Å². The summed E-state index contributed by atoms with van der Waals surface area (Å²) in [5, 5.41) is 27.9. The van der Waals surface area contributed by atoms with Crippen LogP contribution in [0.1, 0.15) is 54.9 Å². The summed E-state index contributed by atoms with van der Waals surface area (Å²) < 4.78 is 6.88. The zero-order chi connectivity index (χ0) is 27.1. The van der Waals surface area contributed by atoms with Crippen LogP contribution in [0.15, 0.2) is 24.3 Å². The van der Waals surface area contributed by atoms with Crippen molar-refractivity contribution < 1.29 is 29.3 Å². The van der Waals surface area contributed by atoms with Crippen molar-refractivity contribution in [3.8, 4) is 5.69 Å². The molecule has 1 aromatic carbocycles. The summed E-state index contributed by atoms with van der Waals surface area (Å²) in [5.74, 6) is -2.26. The van der Waals surface area contributed by atoms with Gasteiger partial charge < -0.3 is 24.7 Å². The molecule has 2 amide bonds. The average Bonchev–Trinajstić information content (AvgIpc) is 3.28. The molecule has 2 aromatic rings. The predicted molar refractivity (Wildman–Crippen MR) is 136 cm³/mol. The maximum Gasteiger partial charge on any atom is 0.407 e. The van der Waals surface area contributed by atoms with Crippen LogP contribution in [0.2, 0.25) is 0 Å². The van der Waals surface area contributed by atoms with Crippen LogP contribution in [0.3, 0.4) is 0 Å². The number of benzene rings is 1. The summed E-state index contributed by atoms with van der Waals surface area (Å²) in [4.78, 5) is 40.3. The van der Waals surface area contributed by atoms with Gasteiger partial charge >= 0.3 is 12.1 Å². The van der Waals surface area contributed by atoms with Crippen molar-refractivity contribution in [2.45, 2.75) is 52.5 Å². The van der Waals surface area contributed by atoms with E-state index in [2.05, 4.69) is 10.3 Å². The van der Waals surface area contributed by atoms with Crippen molar-refractivity contribution in [1.82, 2.24) is 24.8 Å². The summed E-state index contributed by atoms with van der Waals surface area (Å²) >= 11 is 0. The molecule has 0 unspecified atom stereocenters. The molecule has 11 nitrogen and oxygen atoms in total. The molecule has 1 aliphatic heterocycles. The SMILES string of the molecule is COCCCCc1c(C(=O)N(CC(C)C)[C@H]2C[C@@H](C(=O)O)CN(C(=O)O)C2)nnn1-c1ccccc1C. The Labute approximate surface area is 217 Å². The van der Waals surface area contributed by atoms with Gasteiger partial charge in [0.05, 0.1) is 23.3 Å². The number of carboxylic acid groups (broad SMARTS) is 2. The standard InChI is InChI=1S/C26H37N5O6/c1-17(2)14-30(20-13-19(25(33)34)15-29(16-20)26(35)36)24(32)23-22(11-7-8-12-37-4)31(28-27-23)21-10-6-5-9-18(21)3/h5-6,9-10,17,19-20H,7-8,11-16H2,1-4H3,(H,33,34)(H,35,36)/t19-,20+/m1/s1. The highest BCUT2D eigenvalue weighted by atomic mass is 16.5. The van der Waals surface area contributed by atoms with Crippen molar-refractivity contribution in [2.24, 2.45) is 11.8 Å². The van der Waals surface area contributed by atoms with Gasteiger partial charge in [0.25, 0.3) is 5.91 Å². The normalized spacial score (nSPS) is 17.7. The third kappa shape index (κ3) is 6.85. The first kappa shape index (κ1) is 28.1. The fraction of sp³-hybridized carbons (Fsp3) is 0.577. The Morgan fingerprint density at radius 2 is 1.89 bits per heavy atom. The van der Waals surface area contributed by atoms with E-state index in [9.17, 15) is 24.6 Å². The van der Waals surface area contributed by atoms with E-state index in [1.165, 1.54) is 0 Å². The van der Waals surface area contributed by atoms with Crippen LogP contribution in [-0.4, -0.2) is 92.4 Å². The molecule has 11 heteroatoms. The van der Waals surface area contributed by atoms with Gasteiger partial charge in [0.2, 0.25) is 0 Å². The molecule has 37 heavy (non-hydrogen) atoms. The Kier molecular flexibility index (Phi) is 9.62. The highest BCUT2D eigenvalue weighted by Gasteiger charge is 2.39. The fourth-order valence-corrected chi connectivity index (χ4v) is 4.79. The minimum Gasteiger partial charge on any atom is -0.481 e. The van der Waals surface area contributed by atoms with Crippen molar-refractivity contribution in [1.29, 1.82) is 0 Å². The second kappa shape index (κ2) is 12.7. The summed E-state index contributed by atoms with van der Waals surface area (Å²) in [7, 11) is 1.65. The van der Waals surface area contributed by atoms with Gasteiger partial charge in [-0.1, -0.05) is 37.3 Å². The van der Waals surface area contributed by atoms with Crippen molar-refractivity contribution in [3.05, 3.63) is 41.2 Å². The summed E-state index contributed by atoms with van der Waals surface area (Å²) in [6.45, 7) is 6.77. The number of amides is 2. The lowest BCUT2D eigenvalue weighted by atomic mass is 9.92. The van der Waals surface area contributed by atoms with Crippen molar-refractivity contribution in [2.75, 3.05) is 33.4 Å². The molecule has 2 heterocycles. The first-order valence-corrected chi connectivity index (χ1v) is 12.6. The number of hydrogen-bond acceptors (Lipinski definition) is 6. The van der Waals surface area contributed by atoms with E-state index in [-0.39, 0.29) is 37.0 Å². The van der Waals surface area contributed by atoms with Crippen LogP contribution in [0, 0.1) is 18.8 Å². The number of hydrogen-bond donors (Lipinski definition) is 2. The van der Waals surface area contributed by atoms with Gasteiger partial charge in [0.1, 0.15) is 0 Å². The minimum absolute atomic E-state index is 0.0483. The number of aryl methyl sites for hydroxylation is 1. The van der Waals surface area contributed by atoms with Crippen LogP contribution in [0.4, 0.5) is 4.79 Å². The van der Waals surface area contributed by atoms with Crippen LogP contribution < -0.4 is 0 Å². The second-order valence-corrected chi connectivity index (χ2v) is 10.00. The van der Waals surface area contributed by atoms with Gasteiger partial charge in [0.15, 0.2) is 5.69 Å². The predicted octanol–water partition coefficient (Wildman–Crippen LogP) is 3.10. The third-order valence-electron chi connectivity index (χ3n) is 6.63. The lowest BCUT2D eigenvalue weighted by Gasteiger charge is -2.41. The number of para-hydroxylation sites is 1. The number of carbonyl (C=O) groups excluding carboxylic acids is 1. The number of nitrogens with zero attached hydrogens (tertiary/aromatic N) is 5. The van der Waals surface area contributed by atoms with Gasteiger partial charge in [-0.05, 0) is 50.2 Å². The molecule has 1 aromatic heterocycles. The Balaban J connectivity index is 2.01. The van der Waals surface area contributed by atoms with Gasteiger partial charge in [-0.2, -0.15) is 0 Å². The van der Waals surface area contributed by atoms with Gasteiger partial charge in [-0.3, -0.25) is 9.59 Å². The van der Waals surface area contributed by atoms with E-state index < -0.39 is 24.0 Å². The van der Waals surface area contributed by atoms with Gasteiger partial charge in [0, 0.05) is 33.4 Å². The zero-order valence-corrected chi connectivity index (χ0v) is 22.0. The number of aliphatic carboxylic acids is 1. The topological polar surface area (TPSA) is 138 Å². The van der Waals surface area contributed by atoms with E-state index in [1.807, 2.05) is 45.0 Å². The summed E-state index contributed by atoms with van der Waals surface area (Å²) in [5.41, 5.74) is 2.69. The summed E-state index contributed by atoms with van der Waals surface area (Å²) in [6.07, 6.45) is 1.08. The quantitative estimate of drug-likeness (QED) is 0.436. The van der Waals surface area contributed by atoms with Crippen molar-refractivity contribution >= 4 is 18.0 Å². The number of rotatable bonds is 11. The third-order valence-corrected chi connectivity index (χ3v) is 6.63. The number of ether oxygens (including phenoxy) is 1. The Morgan fingerprint density at radius 1 is 1.16 bits per heavy atom. The zero-order valence-electron chi connectivity index (χ0n) is 22.0. The minimum atomic E-state index is -1.20. The molecule has 1 fully saturated rings. The number of unbranched alkanes of at least 4 members (excludes halogenated alkanes) is 1. The molecule has 0 radical (unpaired) electrons. The Bertz CT molecular complexity index is 1080. The maximum atomic E-state index is 14.0. The summed E-state index contributed by atoms with van der Waals surface area (Å²) in [6, 6.07) is 7.13. The Hall–Kier alpha value is -3.47. The molecule has 1 aliphatic rings. The lowest BCUT2D eigenvalue weighted by Crippen LogP contribution is -2.56.